The zero-order valence-electron chi connectivity index (χ0n) is 12.2. The summed E-state index contributed by atoms with van der Waals surface area (Å²) in [4.78, 5) is 4.86. The number of rotatable bonds is 4. The number of alkyl halides is 1. The molecule has 0 amide bonds. The summed E-state index contributed by atoms with van der Waals surface area (Å²) in [6, 6.07) is 7.17. The molecule has 0 bridgehead atoms. The highest BCUT2D eigenvalue weighted by atomic mass is 127. The normalized spacial score (nSPS) is 22.8. The van der Waals surface area contributed by atoms with Gasteiger partial charge in [0.05, 0.1) is 11.0 Å². The fourth-order valence-corrected chi connectivity index (χ4v) is 4.82. The van der Waals surface area contributed by atoms with Gasteiger partial charge in [0.2, 0.25) is 0 Å². The van der Waals surface area contributed by atoms with Gasteiger partial charge in [-0.25, -0.2) is 4.98 Å². The highest BCUT2D eigenvalue weighted by Crippen LogP contribution is 2.37. The SMILES string of the molecule is CSC1CCCC(n2c(CCCl)nc3cc(I)ccc32)C1. The third-order valence-electron chi connectivity index (χ3n) is 4.34. The molecule has 1 aromatic carbocycles. The van der Waals surface area contributed by atoms with E-state index in [4.69, 9.17) is 16.6 Å². The van der Waals surface area contributed by atoms with Crippen molar-refractivity contribution in [1.82, 2.24) is 9.55 Å². The Morgan fingerprint density at radius 1 is 1.43 bits per heavy atom. The molecular formula is C16H20ClIN2S. The van der Waals surface area contributed by atoms with E-state index < -0.39 is 0 Å². The number of nitrogens with zero attached hydrogens (tertiary/aromatic N) is 2. The number of imidazole rings is 1. The Morgan fingerprint density at radius 2 is 2.29 bits per heavy atom. The standard InChI is InChI=1S/C16H20ClIN2S/c1-21-13-4-2-3-12(10-13)20-15-6-5-11(18)9-14(15)19-16(20)7-8-17/h5-6,9,12-13H,2-4,7-8,10H2,1H3. The summed E-state index contributed by atoms with van der Waals surface area (Å²) in [6.45, 7) is 0. The Balaban J connectivity index is 2.04. The van der Waals surface area contributed by atoms with Gasteiger partial charge in [-0.3, -0.25) is 0 Å². The zero-order chi connectivity index (χ0) is 14.8. The zero-order valence-corrected chi connectivity index (χ0v) is 15.9. The van der Waals surface area contributed by atoms with Crippen molar-refractivity contribution in [2.45, 2.75) is 43.4 Å². The second kappa shape index (κ2) is 7.09. The lowest BCUT2D eigenvalue weighted by atomic mass is 9.94. The predicted molar refractivity (Wildman–Crippen MR) is 102 cm³/mol. The summed E-state index contributed by atoms with van der Waals surface area (Å²) in [5, 5.41) is 0.786. The number of aromatic nitrogens is 2. The van der Waals surface area contributed by atoms with Crippen LogP contribution < -0.4 is 0 Å². The highest BCUT2D eigenvalue weighted by Gasteiger charge is 2.25. The van der Waals surface area contributed by atoms with E-state index in [1.165, 1.54) is 34.8 Å². The van der Waals surface area contributed by atoms with Crippen LogP contribution in [0.2, 0.25) is 0 Å². The van der Waals surface area contributed by atoms with Gasteiger partial charge in [-0.05, 0) is 66.3 Å². The average molecular weight is 435 g/mol. The van der Waals surface area contributed by atoms with Crippen molar-refractivity contribution in [2.75, 3.05) is 12.1 Å². The third kappa shape index (κ3) is 3.37. The van der Waals surface area contributed by atoms with Gasteiger partial charge in [-0.15, -0.1) is 11.6 Å². The van der Waals surface area contributed by atoms with E-state index in [9.17, 15) is 0 Å². The number of thioether (sulfide) groups is 1. The van der Waals surface area contributed by atoms with E-state index >= 15 is 0 Å². The molecule has 2 aromatic rings. The minimum absolute atomic E-state index is 0.583. The maximum atomic E-state index is 6.00. The first-order chi connectivity index (χ1) is 10.2. The van der Waals surface area contributed by atoms with Gasteiger partial charge in [0.15, 0.2) is 0 Å². The molecular weight excluding hydrogens is 415 g/mol. The van der Waals surface area contributed by atoms with Crippen LogP contribution in [-0.2, 0) is 6.42 Å². The molecule has 1 fully saturated rings. The van der Waals surface area contributed by atoms with Crippen LogP contribution in [0.3, 0.4) is 0 Å². The Hall–Kier alpha value is 0.0600. The molecule has 0 saturated heterocycles. The lowest BCUT2D eigenvalue weighted by Crippen LogP contribution is -2.22. The van der Waals surface area contributed by atoms with Crippen molar-refractivity contribution in [3.63, 3.8) is 0 Å². The number of halogens is 2. The molecule has 2 atom stereocenters. The second-order valence-corrected chi connectivity index (χ2v) is 8.41. The maximum Gasteiger partial charge on any atom is 0.111 e. The first-order valence-electron chi connectivity index (χ1n) is 7.48. The largest absolute Gasteiger partial charge is 0.325 e. The number of hydrogen-bond acceptors (Lipinski definition) is 2. The summed E-state index contributed by atoms with van der Waals surface area (Å²) in [5.74, 6) is 1.80. The van der Waals surface area contributed by atoms with E-state index in [0.29, 0.717) is 11.9 Å². The van der Waals surface area contributed by atoms with E-state index in [0.717, 1.165) is 23.0 Å². The van der Waals surface area contributed by atoms with Gasteiger partial charge in [-0.2, -0.15) is 11.8 Å². The molecule has 21 heavy (non-hydrogen) atoms. The van der Waals surface area contributed by atoms with Gasteiger partial charge in [0.1, 0.15) is 5.82 Å². The van der Waals surface area contributed by atoms with E-state index in [1.54, 1.807) is 0 Å². The summed E-state index contributed by atoms with van der Waals surface area (Å²) >= 11 is 10.4. The van der Waals surface area contributed by atoms with Crippen LogP contribution in [0.1, 0.15) is 37.5 Å². The van der Waals surface area contributed by atoms with Crippen molar-refractivity contribution in [3.8, 4) is 0 Å². The lowest BCUT2D eigenvalue weighted by Gasteiger charge is -2.30. The van der Waals surface area contributed by atoms with Crippen molar-refractivity contribution < 1.29 is 0 Å². The molecule has 1 aliphatic carbocycles. The smallest absolute Gasteiger partial charge is 0.111 e. The third-order valence-corrected chi connectivity index (χ3v) is 6.29. The van der Waals surface area contributed by atoms with Crippen molar-refractivity contribution in [1.29, 1.82) is 0 Å². The van der Waals surface area contributed by atoms with Crippen LogP contribution in [0, 0.1) is 3.57 Å². The number of benzene rings is 1. The van der Waals surface area contributed by atoms with Gasteiger partial charge in [-0.1, -0.05) is 6.42 Å². The fourth-order valence-electron chi connectivity index (χ4n) is 3.36. The van der Waals surface area contributed by atoms with E-state index in [1.807, 2.05) is 11.8 Å². The lowest BCUT2D eigenvalue weighted by molar-refractivity contribution is 0.360. The van der Waals surface area contributed by atoms with Crippen LogP contribution in [0.5, 0.6) is 0 Å². The van der Waals surface area contributed by atoms with Crippen molar-refractivity contribution in [3.05, 3.63) is 27.6 Å². The molecule has 114 valence electrons. The average Bonchev–Trinajstić information content (AvgIpc) is 2.84. The monoisotopic (exact) mass is 434 g/mol. The van der Waals surface area contributed by atoms with Crippen LogP contribution in [0.4, 0.5) is 0 Å². The Kier molecular flexibility index (Phi) is 5.38. The summed E-state index contributed by atoms with van der Waals surface area (Å²) in [7, 11) is 0. The van der Waals surface area contributed by atoms with Crippen LogP contribution in [0.15, 0.2) is 18.2 Å². The molecule has 1 aromatic heterocycles. The molecule has 0 aliphatic heterocycles. The second-order valence-electron chi connectivity index (χ2n) is 5.65. The number of aryl methyl sites for hydroxylation is 1. The van der Waals surface area contributed by atoms with Crippen LogP contribution in [-0.4, -0.2) is 26.9 Å². The quantitative estimate of drug-likeness (QED) is 0.482. The number of hydrogen-bond donors (Lipinski definition) is 0. The minimum atomic E-state index is 0.583. The van der Waals surface area contributed by atoms with Gasteiger partial charge in [0, 0.05) is 27.2 Å². The van der Waals surface area contributed by atoms with Gasteiger partial charge < -0.3 is 4.57 Å². The minimum Gasteiger partial charge on any atom is -0.325 e. The molecule has 3 rings (SSSR count). The van der Waals surface area contributed by atoms with Crippen molar-refractivity contribution in [2.24, 2.45) is 0 Å². The van der Waals surface area contributed by atoms with E-state index in [-0.39, 0.29) is 0 Å². The van der Waals surface area contributed by atoms with Gasteiger partial charge >= 0.3 is 0 Å². The molecule has 2 unspecified atom stereocenters. The molecule has 0 radical (unpaired) electrons. The number of fused-ring (bicyclic) bond motifs is 1. The summed E-state index contributed by atoms with van der Waals surface area (Å²) in [5.41, 5.74) is 2.40. The van der Waals surface area contributed by atoms with Gasteiger partial charge in [0.25, 0.3) is 0 Å². The Morgan fingerprint density at radius 3 is 3.05 bits per heavy atom. The molecule has 1 aliphatic rings. The topological polar surface area (TPSA) is 17.8 Å². The molecule has 1 saturated carbocycles. The Labute approximate surface area is 149 Å². The maximum absolute atomic E-state index is 6.00. The summed E-state index contributed by atoms with van der Waals surface area (Å²) in [6.07, 6.45) is 8.29. The molecule has 1 heterocycles. The summed E-state index contributed by atoms with van der Waals surface area (Å²) < 4.78 is 3.73. The first-order valence-corrected chi connectivity index (χ1v) is 10.4. The Bertz CT molecular complexity index is 628. The predicted octanol–water partition coefficient (Wildman–Crippen LogP) is 5.27. The van der Waals surface area contributed by atoms with Crippen molar-refractivity contribution >= 4 is 57.0 Å². The molecule has 0 spiro atoms. The molecule has 2 nitrogen and oxygen atoms in total. The first kappa shape index (κ1) is 15.9. The van der Waals surface area contributed by atoms with Crippen LogP contribution in [0.25, 0.3) is 11.0 Å². The van der Waals surface area contributed by atoms with E-state index in [2.05, 4.69) is 51.6 Å². The van der Waals surface area contributed by atoms with Crippen LogP contribution >= 0.6 is 46.0 Å². The highest BCUT2D eigenvalue weighted by molar-refractivity contribution is 14.1. The molecule has 0 N–H and O–H groups in total. The fraction of sp³-hybridized carbons (Fsp3) is 0.562. The molecule has 5 heteroatoms.